The molecule has 0 atom stereocenters. The number of thiophene rings is 1. The van der Waals surface area contributed by atoms with Crippen molar-refractivity contribution in [2.45, 2.75) is 32.9 Å². The number of nitrogens with zero attached hydrogens (tertiary/aromatic N) is 1. The van der Waals surface area contributed by atoms with Crippen LogP contribution in [-0.4, -0.2) is 28.3 Å². The van der Waals surface area contributed by atoms with Crippen molar-refractivity contribution in [3.8, 4) is 11.5 Å². The maximum Gasteiger partial charge on any atom is 0.253 e. The molecule has 1 aromatic carbocycles. The van der Waals surface area contributed by atoms with Gasteiger partial charge in [0.2, 0.25) is 6.79 Å². The van der Waals surface area contributed by atoms with Gasteiger partial charge in [-0.05, 0) is 42.2 Å². The molecule has 2 aromatic heterocycles. The summed E-state index contributed by atoms with van der Waals surface area (Å²) in [6.07, 6.45) is 2.15. The molecule has 0 radical (unpaired) electrons. The van der Waals surface area contributed by atoms with Gasteiger partial charge in [-0.1, -0.05) is 19.4 Å². The summed E-state index contributed by atoms with van der Waals surface area (Å²) in [7, 11) is 0. The van der Waals surface area contributed by atoms with Gasteiger partial charge in [-0.25, -0.2) is 0 Å². The van der Waals surface area contributed by atoms with Crippen LogP contribution < -0.4 is 20.3 Å². The van der Waals surface area contributed by atoms with Gasteiger partial charge in [0.1, 0.15) is 0 Å². The number of rotatable bonds is 7. The Kier molecular flexibility index (Phi) is 6.01. The number of ether oxygens (including phenoxy) is 2. The Hall–Kier alpha value is -2.58. The molecule has 0 fully saturated rings. The maximum atomic E-state index is 12.7. The smallest absolute Gasteiger partial charge is 0.253 e. The van der Waals surface area contributed by atoms with Crippen LogP contribution in [-0.2, 0) is 13.1 Å². The van der Waals surface area contributed by atoms with E-state index < -0.39 is 0 Å². The molecule has 1 aliphatic rings. The fourth-order valence-electron chi connectivity index (χ4n) is 3.24. The molecule has 6 nitrogen and oxygen atoms in total. The van der Waals surface area contributed by atoms with Crippen molar-refractivity contribution in [3.63, 3.8) is 0 Å². The molecule has 29 heavy (non-hydrogen) atoms. The molecular weight excluding hydrogens is 406 g/mol. The Bertz CT molecular complexity index is 1060. The summed E-state index contributed by atoms with van der Waals surface area (Å²) in [4.78, 5) is 18.9. The summed E-state index contributed by atoms with van der Waals surface area (Å²) in [5.41, 5.74) is 1.27. The molecule has 8 heteroatoms. The molecule has 3 heterocycles. The maximum absolute atomic E-state index is 12.7. The van der Waals surface area contributed by atoms with Gasteiger partial charge in [0, 0.05) is 28.4 Å². The van der Waals surface area contributed by atoms with E-state index >= 15 is 0 Å². The highest BCUT2D eigenvalue weighted by atomic mass is 32.1. The summed E-state index contributed by atoms with van der Waals surface area (Å²) in [6, 6.07) is 9.72. The van der Waals surface area contributed by atoms with Crippen molar-refractivity contribution >= 4 is 39.6 Å². The zero-order valence-electron chi connectivity index (χ0n) is 16.2. The number of fused-ring (bicyclic) bond motifs is 2. The van der Waals surface area contributed by atoms with E-state index in [0.717, 1.165) is 30.3 Å². The summed E-state index contributed by atoms with van der Waals surface area (Å²) >= 11 is 7.32. The highest BCUT2D eigenvalue weighted by Crippen LogP contribution is 2.35. The van der Waals surface area contributed by atoms with Gasteiger partial charge in [-0.2, -0.15) is 0 Å². The monoisotopic (exact) mass is 429 g/mol. The number of aromatic amines is 1. The second-order valence-electron chi connectivity index (χ2n) is 6.94. The van der Waals surface area contributed by atoms with E-state index in [9.17, 15) is 4.79 Å². The largest absolute Gasteiger partial charge is 0.454 e. The Morgan fingerprint density at radius 1 is 1.28 bits per heavy atom. The van der Waals surface area contributed by atoms with Crippen molar-refractivity contribution in [1.82, 2.24) is 15.2 Å². The van der Waals surface area contributed by atoms with Crippen molar-refractivity contribution in [2.24, 2.45) is 0 Å². The molecule has 0 unspecified atom stereocenters. The van der Waals surface area contributed by atoms with Crippen LogP contribution in [0.15, 0.2) is 40.5 Å². The predicted molar refractivity (Wildman–Crippen MR) is 120 cm³/mol. The molecule has 152 valence electrons. The molecule has 0 bridgehead atoms. The molecular formula is C21H23N3O3S2. The first-order valence-electron chi connectivity index (χ1n) is 9.64. The zero-order valence-corrected chi connectivity index (χ0v) is 17.8. The van der Waals surface area contributed by atoms with E-state index in [1.807, 2.05) is 34.5 Å². The van der Waals surface area contributed by atoms with Gasteiger partial charge in [0.05, 0.1) is 18.6 Å². The second kappa shape index (κ2) is 8.84. The lowest BCUT2D eigenvalue weighted by Gasteiger charge is -2.25. The number of aromatic nitrogens is 1. The average molecular weight is 430 g/mol. The molecule has 0 spiro atoms. The van der Waals surface area contributed by atoms with Gasteiger partial charge in [0.15, 0.2) is 16.6 Å². The first kappa shape index (κ1) is 19.7. The number of unbranched alkanes of at least 4 members (excludes halogenated alkanes) is 1. The van der Waals surface area contributed by atoms with Crippen molar-refractivity contribution in [2.75, 3.05) is 13.3 Å². The number of hydrogen-bond donors (Lipinski definition) is 2. The lowest BCUT2D eigenvalue weighted by Crippen LogP contribution is -2.40. The number of hydrogen-bond acceptors (Lipinski definition) is 5. The van der Waals surface area contributed by atoms with Crippen LogP contribution in [0.5, 0.6) is 11.5 Å². The molecule has 3 aromatic rings. The molecule has 1 aliphatic heterocycles. The van der Waals surface area contributed by atoms with Gasteiger partial charge < -0.3 is 24.7 Å². The van der Waals surface area contributed by atoms with E-state index in [0.29, 0.717) is 35.3 Å². The predicted octanol–water partition coefficient (Wildman–Crippen LogP) is 4.00. The standard InChI is InChI=1S/C21H23N3O3S2/c1-2-3-6-22-21(28)24(12-16-5-4-7-29-16)11-15-8-14-9-18-19(27-13-26-18)10-17(14)23-20(15)25/h4-5,7-10H,2-3,6,11-13H2,1H3,(H,22,28)(H,23,25). The average Bonchev–Trinajstić information content (AvgIpc) is 3.38. The first-order valence-corrected chi connectivity index (χ1v) is 10.9. The number of thiocarbonyl (C=S) groups is 1. The Morgan fingerprint density at radius 2 is 2.10 bits per heavy atom. The van der Waals surface area contributed by atoms with Crippen LogP contribution in [0.2, 0.25) is 0 Å². The third-order valence-corrected chi connectivity index (χ3v) is 6.06. The van der Waals surface area contributed by atoms with Gasteiger partial charge in [-0.3, -0.25) is 4.79 Å². The lowest BCUT2D eigenvalue weighted by atomic mass is 10.1. The number of benzene rings is 1. The summed E-state index contributed by atoms with van der Waals surface area (Å²) < 4.78 is 10.9. The van der Waals surface area contributed by atoms with Crippen molar-refractivity contribution < 1.29 is 9.47 Å². The van der Waals surface area contributed by atoms with Crippen molar-refractivity contribution in [3.05, 3.63) is 56.5 Å². The molecule has 0 aliphatic carbocycles. The van der Waals surface area contributed by atoms with E-state index in [1.165, 1.54) is 4.88 Å². The van der Waals surface area contributed by atoms with Crippen LogP contribution >= 0.6 is 23.6 Å². The molecule has 4 rings (SSSR count). The van der Waals surface area contributed by atoms with E-state index in [4.69, 9.17) is 21.7 Å². The van der Waals surface area contributed by atoms with Gasteiger partial charge in [0.25, 0.3) is 5.56 Å². The molecule has 0 saturated heterocycles. The quantitative estimate of drug-likeness (QED) is 0.437. The minimum atomic E-state index is -0.121. The zero-order chi connectivity index (χ0) is 20.2. The fraction of sp³-hybridized carbons (Fsp3) is 0.333. The Balaban J connectivity index is 1.60. The highest BCUT2D eigenvalue weighted by Gasteiger charge is 2.17. The molecule has 0 saturated carbocycles. The van der Waals surface area contributed by atoms with E-state index in [2.05, 4.69) is 23.3 Å². The minimum Gasteiger partial charge on any atom is -0.454 e. The summed E-state index contributed by atoms with van der Waals surface area (Å²) in [5, 5.41) is 6.94. The Labute approximate surface area is 178 Å². The minimum absolute atomic E-state index is 0.121. The first-order chi connectivity index (χ1) is 14.1. The highest BCUT2D eigenvalue weighted by molar-refractivity contribution is 7.80. The van der Waals surface area contributed by atoms with Crippen molar-refractivity contribution in [1.29, 1.82) is 0 Å². The topological polar surface area (TPSA) is 66.6 Å². The van der Waals surface area contributed by atoms with E-state index in [1.54, 1.807) is 11.3 Å². The molecule has 0 amide bonds. The number of nitrogens with one attached hydrogen (secondary N) is 2. The summed E-state index contributed by atoms with van der Waals surface area (Å²) in [6.45, 7) is 4.26. The summed E-state index contributed by atoms with van der Waals surface area (Å²) in [5.74, 6) is 1.35. The molecule has 2 N–H and O–H groups in total. The van der Waals surface area contributed by atoms with Gasteiger partial charge in [-0.15, -0.1) is 11.3 Å². The van der Waals surface area contributed by atoms with Crippen LogP contribution in [0, 0.1) is 0 Å². The number of pyridine rings is 1. The SMILES string of the molecule is CCCCNC(=S)N(Cc1cccs1)Cc1cc2cc3c(cc2[nH]c1=O)OCO3. The third-order valence-electron chi connectivity index (χ3n) is 4.80. The van der Waals surface area contributed by atoms with Crippen LogP contribution in [0.3, 0.4) is 0 Å². The lowest BCUT2D eigenvalue weighted by molar-refractivity contribution is 0.174. The van der Waals surface area contributed by atoms with Crippen LogP contribution in [0.1, 0.15) is 30.2 Å². The third kappa shape index (κ3) is 4.54. The van der Waals surface area contributed by atoms with Crippen LogP contribution in [0.4, 0.5) is 0 Å². The van der Waals surface area contributed by atoms with Gasteiger partial charge >= 0.3 is 0 Å². The number of H-pyrrole nitrogens is 1. The fourth-order valence-corrected chi connectivity index (χ4v) is 4.19. The normalized spacial score (nSPS) is 12.3. The second-order valence-corrected chi connectivity index (χ2v) is 8.36. The van der Waals surface area contributed by atoms with Crippen LogP contribution in [0.25, 0.3) is 10.9 Å². The van der Waals surface area contributed by atoms with E-state index in [-0.39, 0.29) is 12.4 Å². The Morgan fingerprint density at radius 3 is 2.86 bits per heavy atom.